The van der Waals surface area contributed by atoms with Gasteiger partial charge >= 0.3 is 0 Å². The molecule has 1 aromatic carbocycles. The summed E-state index contributed by atoms with van der Waals surface area (Å²) in [6.45, 7) is 5.01. The molecule has 1 aromatic heterocycles. The number of benzene rings is 1. The van der Waals surface area contributed by atoms with Crippen LogP contribution in [0.1, 0.15) is 41.5 Å². The number of nitrogens with zero attached hydrogens (tertiary/aromatic N) is 3. The van der Waals surface area contributed by atoms with Crippen LogP contribution in [-0.4, -0.2) is 35.5 Å². The Morgan fingerprint density at radius 3 is 2.79 bits per heavy atom. The van der Waals surface area contributed by atoms with Crippen LogP contribution in [0, 0.1) is 6.92 Å². The van der Waals surface area contributed by atoms with Crippen LogP contribution in [-0.2, 0) is 13.1 Å². The molecule has 2 aromatic rings. The van der Waals surface area contributed by atoms with E-state index in [2.05, 4.69) is 46.7 Å². The number of aryl methyl sites for hydroxylation is 1. The van der Waals surface area contributed by atoms with Gasteiger partial charge in [0.1, 0.15) is 11.6 Å². The van der Waals surface area contributed by atoms with Crippen molar-refractivity contribution in [3.63, 3.8) is 0 Å². The molecule has 128 valence electrons. The van der Waals surface area contributed by atoms with Gasteiger partial charge in [-0.2, -0.15) is 0 Å². The van der Waals surface area contributed by atoms with Crippen molar-refractivity contribution in [1.82, 2.24) is 20.2 Å². The van der Waals surface area contributed by atoms with Crippen molar-refractivity contribution < 1.29 is 0 Å². The molecule has 24 heavy (non-hydrogen) atoms. The highest BCUT2D eigenvalue weighted by Gasteiger charge is 2.29. The van der Waals surface area contributed by atoms with Crippen molar-refractivity contribution in [3.8, 4) is 0 Å². The van der Waals surface area contributed by atoms with Gasteiger partial charge in [-0.05, 0) is 44.5 Å². The zero-order valence-electron chi connectivity index (χ0n) is 14.8. The maximum atomic E-state index is 4.81. The molecule has 1 aliphatic rings. The maximum absolute atomic E-state index is 4.81. The molecule has 1 atom stereocenters. The maximum Gasteiger partial charge on any atom is 0.148 e. The van der Waals surface area contributed by atoms with Crippen molar-refractivity contribution in [1.29, 1.82) is 0 Å². The van der Waals surface area contributed by atoms with Gasteiger partial charge in [0, 0.05) is 26.2 Å². The predicted molar refractivity (Wildman–Crippen MR) is 97.9 cm³/mol. The fourth-order valence-corrected chi connectivity index (χ4v) is 3.38. The van der Waals surface area contributed by atoms with E-state index >= 15 is 0 Å². The van der Waals surface area contributed by atoms with Crippen molar-refractivity contribution in [3.05, 3.63) is 53.0 Å². The van der Waals surface area contributed by atoms with Crippen LogP contribution in [0.4, 0.5) is 5.82 Å². The zero-order chi connectivity index (χ0) is 16.9. The second-order valence-corrected chi connectivity index (χ2v) is 6.44. The minimum Gasteiger partial charge on any atom is -0.373 e. The van der Waals surface area contributed by atoms with Gasteiger partial charge in [0.15, 0.2) is 0 Å². The molecular formula is C19H27N5. The summed E-state index contributed by atoms with van der Waals surface area (Å²) in [7, 11) is 3.86. The molecule has 5 nitrogen and oxygen atoms in total. The predicted octanol–water partition coefficient (Wildman–Crippen LogP) is 2.88. The lowest BCUT2D eigenvalue weighted by Gasteiger charge is -2.24. The van der Waals surface area contributed by atoms with Crippen LogP contribution >= 0.6 is 0 Å². The quantitative estimate of drug-likeness (QED) is 0.855. The number of likely N-dealkylation sites (tertiary alicyclic amines) is 1. The molecule has 1 fully saturated rings. The number of rotatable bonds is 6. The van der Waals surface area contributed by atoms with Crippen LogP contribution in [0.2, 0.25) is 0 Å². The van der Waals surface area contributed by atoms with E-state index in [9.17, 15) is 0 Å². The minimum absolute atomic E-state index is 0.300. The van der Waals surface area contributed by atoms with Gasteiger partial charge in [0.05, 0.1) is 11.7 Å². The molecule has 2 heterocycles. The highest BCUT2D eigenvalue weighted by molar-refractivity contribution is 5.36. The molecule has 0 radical (unpaired) electrons. The van der Waals surface area contributed by atoms with E-state index in [-0.39, 0.29) is 0 Å². The smallest absolute Gasteiger partial charge is 0.148 e. The SMILES string of the molecule is CNCc1cc(NC)nc([C@@H]2CCCN2Cc2ccccc2C)n1. The second-order valence-electron chi connectivity index (χ2n) is 6.44. The Kier molecular flexibility index (Phi) is 5.43. The van der Waals surface area contributed by atoms with Crippen molar-refractivity contribution in [2.75, 3.05) is 26.0 Å². The van der Waals surface area contributed by atoms with Gasteiger partial charge in [-0.15, -0.1) is 0 Å². The molecule has 2 N–H and O–H groups in total. The van der Waals surface area contributed by atoms with E-state index < -0.39 is 0 Å². The number of nitrogens with one attached hydrogen (secondary N) is 2. The molecule has 0 spiro atoms. The van der Waals surface area contributed by atoms with E-state index in [1.54, 1.807) is 0 Å². The summed E-state index contributed by atoms with van der Waals surface area (Å²) in [5.41, 5.74) is 3.78. The van der Waals surface area contributed by atoms with Crippen LogP contribution in [0.3, 0.4) is 0 Å². The topological polar surface area (TPSA) is 53.1 Å². The summed E-state index contributed by atoms with van der Waals surface area (Å²) in [5, 5.41) is 6.35. The van der Waals surface area contributed by atoms with E-state index in [0.717, 1.165) is 43.4 Å². The first-order valence-corrected chi connectivity index (χ1v) is 8.70. The largest absolute Gasteiger partial charge is 0.373 e. The molecular weight excluding hydrogens is 298 g/mol. The fraction of sp³-hybridized carbons (Fsp3) is 0.474. The van der Waals surface area contributed by atoms with E-state index in [4.69, 9.17) is 9.97 Å². The van der Waals surface area contributed by atoms with Crippen LogP contribution < -0.4 is 10.6 Å². The molecule has 1 saturated heterocycles. The molecule has 0 saturated carbocycles. The van der Waals surface area contributed by atoms with Crippen molar-refractivity contribution >= 4 is 5.82 Å². The third kappa shape index (κ3) is 3.74. The Morgan fingerprint density at radius 1 is 1.21 bits per heavy atom. The van der Waals surface area contributed by atoms with Crippen LogP contribution in [0.15, 0.2) is 30.3 Å². The summed E-state index contributed by atoms with van der Waals surface area (Å²) in [4.78, 5) is 12.1. The Morgan fingerprint density at radius 2 is 2.04 bits per heavy atom. The zero-order valence-corrected chi connectivity index (χ0v) is 14.8. The Hall–Kier alpha value is -1.98. The van der Waals surface area contributed by atoms with E-state index in [1.807, 2.05) is 20.2 Å². The molecule has 0 unspecified atom stereocenters. The normalized spacial score (nSPS) is 18.0. The number of aromatic nitrogens is 2. The number of anilines is 1. The lowest BCUT2D eigenvalue weighted by molar-refractivity contribution is 0.239. The first-order valence-electron chi connectivity index (χ1n) is 8.70. The second kappa shape index (κ2) is 7.73. The van der Waals surface area contributed by atoms with Crippen molar-refractivity contribution in [2.45, 2.75) is 38.9 Å². The first kappa shape index (κ1) is 16.9. The van der Waals surface area contributed by atoms with Crippen LogP contribution in [0.25, 0.3) is 0 Å². The third-order valence-electron chi connectivity index (χ3n) is 4.71. The summed E-state index contributed by atoms with van der Waals surface area (Å²) < 4.78 is 0. The summed E-state index contributed by atoms with van der Waals surface area (Å²) >= 11 is 0. The van der Waals surface area contributed by atoms with Gasteiger partial charge in [-0.25, -0.2) is 9.97 Å². The summed E-state index contributed by atoms with van der Waals surface area (Å²) in [5.74, 6) is 1.84. The lowest BCUT2D eigenvalue weighted by atomic mass is 10.1. The molecule has 0 amide bonds. The molecule has 5 heteroatoms. The Bertz CT molecular complexity index is 685. The molecule has 3 rings (SSSR count). The average Bonchev–Trinajstić information content (AvgIpc) is 3.05. The fourth-order valence-electron chi connectivity index (χ4n) is 3.38. The average molecular weight is 325 g/mol. The molecule has 0 aliphatic carbocycles. The minimum atomic E-state index is 0.300. The third-order valence-corrected chi connectivity index (χ3v) is 4.71. The Labute approximate surface area is 144 Å². The summed E-state index contributed by atoms with van der Waals surface area (Å²) in [6, 6.07) is 10.9. The van der Waals surface area contributed by atoms with Gasteiger partial charge in [-0.1, -0.05) is 24.3 Å². The van der Waals surface area contributed by atoms with Gasteiger partial charge in [0.2, 0.25) is 0 Å². The molecule has 0 bridgehead atoms. The highest BCUT2D eigenvalue weighted by atomic mass is 15.2. The first-order chi connectivity index (χ1) is 11.7. The van der Waals surface area contributed by atoms with E-state index in [0.29, 0.717) is 6.04 Å². The van der Waals surface area contributed by atoms with Gasteiger partial charge in [-0.3, -0.25) is 4.90 Å². The summed E-state index contributed by atoms with van der Waals surface area (Å²) in [6.07, 6.45) is 2.32. The van der Waals surface area contributed by atoms with Gasteiger partial charge < -0.3 is 10.6 Å². The van der Waals surface area contributed by atoms with Crippen molar-refractivity contribution in [2.24, 2.45) is 0 Å². The standard InChI is InChI=1S/C19H27N5/c1-14-7-4-5-8-15(14)13-24-10-6-9-17(24)19-22-16(12-20-2)11-18(21-3)23-19/h4-5,7-8,11,17,20H,6,9-10,12-13H2,1-3H3,(H,21,22,23)/t17-/m0/s1. The lowest BCUT2D eigenvalue weighted by Crippen LogP contribution is -2.25. The van der Waals surface area contributed by atoms with Crippen LogP contribution in [0.5, 0.6) is 0 Å². The van der Waals surface area contributed by atoms with Gasteiger partial charge in [0.25, 0.3) is 0 Å². The number of hydrogen-bond donors (Lipinski definition) is 2. The highest BCUT2D eigenvalue weighted by Crippen LogP contribution is 2.32. The Balaban J connectivity index is 1.85. The number of hydrogen-bond acceptors (Lipinski definition) is 5. The molecule has 1 aliphatic heterocycles. The van der Waals surface area contributed by atoms with E-state index in [1.165, 1.54) is 17.5 Å². The monoisotopic (exact) mass is 325 g/mol.